The van der Waals surface area contributed by atoms with Crippen molar-refractivity contribution < 1.29 is 0 Å². The van der Waals surface area contributed by atoms with Crippen LogP contribution in [0.2, 0.25) is 0 Å². The zero-order valence-corrected chi connectivity index (χ0v) is 22.6. The van der Waals surface area contributed by atoms with Crippen LogP contribution in [0.25, 0.3) is 23.3 Å². The molecule has 5 rings (SSSR count). The third-order valence-electron chi connectivity index (χ3n) is 6.05. The van der Waals surface area contributed by atoms with Crippen molar-refractivity contribution in [2.24, 2.45) is 0 Å². The zero-order chi connectivity index (χ0) is 26.6. The van der Waals surface area contributed by atoms with Crippen LogP contribution < -0.4 is 4.72 Å². The van der Waals surface area contributed by atoms with E-state index in [0.717, 1.165) is 27.9 Å². The van der Waals surface area contributed by atoms with Gasteiger partial charge in [0.15, 0.2) is 0 Å². The summed E-state index contributed by atoms with van der Waals surface area (Å²) in [5.41, 5.74) is 10.3. The van der Waals surface area contributed by atoms with E-state index >= 15 is 0 Å². The topological polar surface area (TPSA) is 24.9 Å². The van der Waals surface area contributed by atoms with Crippen LogP contribution in [0.15, 0.2) is 134 Å². The fraction of sp³-hybridized carbons (Fsp3) is 0.0571. The van der Waals surface area contributed by atoms with Crippen molar-refractivity contribution in [2.75, 3.05) is 4.72 Å². The first kappa shape index (κ1) is 26.7. The highest BCUT2D eigenvalue weighted by molar-refractivity contribution is 7.81. The standard InChI is InChI=1S/C33H26N2S.C2H6/c36-35-31-19-17-30(18-20-31)33(28-9-5-2-6-10-28)32(27-7-3-1-4-8-27)29-15-13-25(14-16-29)11-12-26-21-23-34-24-22-26;1-2/h1-24,35-36H;1-2H3/b12-11+,33-32+;. The maximum absolute atomic E-state index is 4.20. The molecule has 188 valence electrons. The molecule has 3 heteroatoms. The van der Waals surface area contributed by atoms with E-state index < -0.39 is 0 Å². The number of nitrogens with zero attached hydrogens (tertiary/aromatic N) is 1. The summed E-state index contributed by atoms with van der Waals surface area (Å²) in [4.78, 5) is 4.09. The lowest BCUT2D eigenvalue weighted by molar-refractivity contribution is 1.32. The maximum atomic E-state index is 4.20. The molecule has 0 amide bonds. The van der Waals surface area contributed by atoms with Gasteiger partial charge in [0.05, 0.1) is 0 Å². The van der Waals surface area contributed by atoms with Crippen LogP contribution in [0.4, 0.5) is 5.69 Å². The molecule has 0 bridgehead atoms. The molecule has 1 aromatic heterocycles. The Kier molecular flexibility index (Phi) is 9.72. The third-order valence-corrected chi connectivity index (χ3v) is 6.31. The molecular formula is C35H32N2S. The normalized spacial score (nSPS) is 11.3. The van der Waals surface area contributed by atoms with Crippen molar-refractivity contribution in [3.63, 3.8) is 0 Å². The molecule has 0 saturated carbocycles. The minimum absolute atomic E-state index is 0.959. The number of benzene rings is 4. The first-order valence-electron chi connectivity index (χ1n) is 12.9. The Bertz CT molecular complexity index is 1460. The van der Waals surface area contributed by atoms with Crippen LogP contribution in [0.5, 0.6) is 0 Å². The van der Waals surface area contributed by atoms with E-state index in [2.05, 4.69) is 144 Å². The second-order valence-electron chi connectivity index (χ2n) is 8.41. The zero-order valence-electron chi connectivity index (χ0n) is 21.8. The molecule has 38 heavy (non-hydrogen) atoms. The molecule has 0 radical (unpaired) electrons. The quantitative estimate of drug-likeness (QED) is 0.168. The molecule has 2 nitrogen and oxygen atoms in total. The van der Waals surface area contributed by atoms with E-state index in [-0.39, 0.29) is 0 Å². The first-order valence-corrected chi connectivity index (χ1v) is 13.3. The summed E-state index contributed by atoms with van der Waals surface area (Å²) in [5, 5.41) is 0. The number of nitrogens with one attached hydrogen (secondary N) is 1. The third kappa shape index (κ3) is 6.70. The first-order chi connectivity index (χ1) is 18.8. The van der Waals surface area contributed by atoms with Gasteiger partial charge in [0.1, 0.15) is 0 Å². The van der Waals surface area contributed by atoms with Gasteiger partial charge in [-0.05, 0) is 68.8 Å². The average Bonchev–Trinajstić information content (AvgIpc) is 3.01. The lowest BCUT2D eigenvalue weighted by atomic mass is 9.85. The van der Waals surface area contributed by atoms with E-state index in [0.29, 0.717) is 0 Å². The van der Waals surface area contributed by atoms with Gasteiger partial charge < -0.3 is 4.72 Å². The summed E-state index contributed by atoms with van der Waals surface area (Å²) < 4.78 is 2.92. The van der Waals surface area contributed by atoms with Crippen LogP contribution in [0, 0.1) is 0 Å². The van der Waals surface area contributed by atoms with E-state index in [9.17, 15) is 0 Å². The van der Waals surface area contributed by atoms with Crippen molar-refractivity contribution in [1.29, 1.82) is 0 Å². The van der Waals surface area contributed by atoms with Crippen molar-refractivity contribution in [1.82, 2.24) is 4.98 Å². The van der Waals surface area contributed by atoms with Crippen LogP contribution in [0.3, 0.4) is 0 Å². The number of hydrogen-bond acceptors (Lipinski definition) is 3. The summed E-state index contributed by atoms with van der Waals surface area (Å²) in [6.45, 7) is 4.00. The van der Waals surface area contributed by atoms with Gasteiger partial charge in [-0.25, -0.2) is 0 Å². The minimum atomic E-state index is 0.959. The number of anilines is 1. The number of hydrogen-bond donors (Lipinski definition) is 2. The molecule has 0 aliphatic heterocycles. The molecular weight excluding hydrogens is 480 g/mol. The molecule has 0 spiro atoms. The summed E-state index contributed by atoms with van der Waals surface area (Å²) in [5.74, 6) is 0. The Balaban J connectivity index is 0.00000164. The van der Waals surface area contributed by atoms with Gasteiger partial charge >= 0.3 is 0 Å². The van der Waals surface area contributed by atoms with Gasteiger partial charge in [0.2, 0.25) is 0 Å². The largest absolute Gasteiger partial charge is 0.332 e. The second-order valence-corrected chi connectivity index (χ2v) is 8.63. The van der Waals surface area contributed by atoms with Crippen molar-refractivity contribution in [3.8, 4) is 0 Å². The monoisotopic (exact) mass is 512 g/mol. The molecule has 1 N–H and O–H groups in total. The Morgan fingerprint density at radius 2 is 0.921 bits per heavy atom. The summed E-state index contributed by atoms with van der Waals surface area (Å²) in [6.07, 6.45) is 7.86. The molecule has 0 saturated heterocycles. The predicted molar refractivity (Wildman–Crippen MR) is 168 cm³/mol. The fourth-order valence-corrected chi connectivity index (χ4v) is 4.41. The Morgan fingerprint density at radius 1 is 0.526 bits per heavy atom. The number of thiol groups is 1. The smallest absolute Gasteiger partial charge is 0.0438 e. The van der Waals surface area contributed by atoms with E-state index in [1.165, 1.54) is 22.3 Å². The van der Waals surface area contributed by atoms with Crippen molar-refractivity contribution >= 4 is 41.8 Å². The Hall–Kier alpha value is -4.34. The highest BCUT2D eigenvalue weighted by Gasteiger charge is 2.16. The predicted octanol–water partition coefficient (Wildman–Crippen LogP) is 9.54. The fourth-order valence-electron chi connectivity index (χ4n) is 4.26. The van der Waals surface area contributed by atoms with Crippen molar-refractivity contribution in [2.45, 2.75) is 13.8 Å². The molecule has 0 unspecified atom stereocenters. The molecule has 4 aromatic carbocycles. The number of rotatable bonds is 7. The second kappa shape index (κ2) is 13.8. The van der Waals surface area contributed by atoms with Gasteiger partial charge in [0, 0.05) is 18.1 Å². The van der Waals surface area contributed by atoms with Gasteiger partial charge in [-0.3, -0.25) is 4.98 Å². The average molecular weight is 513 g/mol. The maximum Gasteiger partial charge on any atom is 0.0438 e. The van der Waals surface area contributed by atoms with Crippen LogP contribution in [0.1, 0.15) is 47.2 Å². The van der Waals surface area contributed by atoms with Crippen LogP contribution in [-0.2, 0) is 0 Å². The van der Waals surface area contributed by atoms with Gasteiger partial charge in [-0.15, -0.1) is 0 Å². The van der Waals surface area contributed by atoms with Gasteiger partial charge in [-0.2, -0.15) is 0 Å². The molecule has 0 aliphatic rings. The van der Waals surface area contributed by atoms with E-state index in [1.54, 1.807) is 0 Å². The van der Waals surface area contributed by atoms with E-state index in [1.807, 2.05) is 38.4 Å². The molecule has 1 heterocycles. The minimum Gasteiger partial charge on any atom is -0.332 e. The molecule has 0 aliphatic carbocycles. The SMILES string of the molecule is CC.SNc1ccc(/C(=C(\c2ccccc2)c2ccc(/C=C/c3ccncc3)cc2)c2ccccc2)cc1. The number of aromatic nitrogens is 1. The summed E-state index contributed by atoms with van der Waals surface area (Å²) >= 11 is 4.20. The lowest BCUT2D eigenvalue weighted by Crippen LogP contribution is -1.97. The van der Waals surface area contributed by atoms with Gasteiger partial charge in [0.25, 0.3) is 0 Å². The highest BCUT2D eigenvalue weighted by Crippen LogP contribution is 2.37. The Morgan fingerprint density at radius 3 is 1.37 bits per heavy atom. The summed E-state index contributed by atoms with van der Waals surface area (Å²) in [7, 11) is 0. The molecule has 0 fully saturated rings. The van der Waals surface area contributed by atoms with Gasteiger partial charge in [-0.1, -0.05) is 136 Å². The Labute approximate surface area is 232 Å². The molecule has 5 aromatic rings. The van der Waals surface area contributed by atoms with Crippen LogP contribution >= 0.6 is 12.8 Å². The highest BCUT2D eigenvalue weighted by atomic mass is 32.1. The lowest BCUT2D eigenvalue weighted by Gasteiger charge is -2.18. The number of pyridine rings is 1. The van der Waals surface area contributed by atoms with Crippen molar-refractivity contribution in [3.05, 3.63) is 167 Å². The summed E-state index contributed by atoms with van der Waals surface area (Å²) in [6, 6.07) is 42.4. The van der Waals surface area contributed by atoms with Crippen LogP contribution in [-0.4, -0.2) is 4.98 Å². The molecule has 0 atom stereocenters. The van der Waals surface area contributed by atoms with E-state index in [4.69, 9.17) is 0 Å².